The Labute approximate surface area is 55.3 Å². The summed E-state index contributed by atoms with van der Waals surface area (Å²) in [5, 5.41) is 12.7. The number of fused-ring (bicyclic) bond motifs is 2. The van der Waals surface area contributed by atoms with Crippen LogP contribution < -0.4 is 5.32 Å². The zero-order chi connectivity index (χ0) is 6.48. The van der Waals surface area contributed by atoms with E-state index >= 15 is 0 Å². The Hall–Kier alpha value is -0.0800. The molecule has 52 valence electrons. The molecular weight excluding hydrogens is 114 g/mol. The first-order valence-electron chi connectivity index (χ1n) is 3.61. The molecule has 0 aromatic rings. The first-order valence-corrected chi connectivity index (χ1v) is 3.61. The number of aliphatic hydroxyl groups excluding tert-OH is 1. The van der Waals surface area contributed by atoms with Gasteiger partial charge in [-0.05, 0) is 12.3 Å². The van der Waals surface area contributed by atoms with Crippen LogP contribution in [0.3, 0.4) is 0 Å². The van der Waals surface area contributed by atoms with Crippen LogP contribution in [0.5, 0.6) is 0 Å². The quantitative estimate of drug-likeness (QED) is 0.479. The van der Waals surface area contributed by atoms with Crippen LogP contribution in [-0.4, -0.2) is 24.3 Å². The van der Waals surface area contributed by atoms with Gasteiger partial charge in [0.1, 0.15) is 0 Å². The van der Waals surface area contributed by atoms with Crippen molar-refractivity contribution in [1.29, 1.82) is 0 Å². The van der Waals surface area contributed by atoms with E-state index in [2.05, 4.69) is 12.2 Å². The summed E-state index contributed by atoms with van der Waals surface area (Å²) in [6.07, 6.45) is 1.21. The van der Waals surface area contributed by atoms with E-state index in [9.17, 15) is 5.11 Å². The lowest BCUT2D eigenvalue weighted by molar-refractivity contribution is -0.130. The Morgan fingerprint density at radius 1 is 1.67 bits per heavy atom. The average molecular weight is 127 g/mol. The number of piperidine rings is 2. The van der Waals surface area contributed by atoms with E-state index in [-0.39, 0.29) is 11.5 Å². The average Bonchev–Trinajstić information content (AvgIpc) is 1.88. The van der Waals surface area contributed by atoms with Crippen LogP contribution >= 0.6 is 0 Å². The summed E-state index contributed by atoms with van der Waals surface area (Å²) in [7, 11) is 0. The van der Waals surface area contributed by atoms with E-state index in [1.807, 2.05) is 0 Å². The van der Waals surface area contributed by atoms with Gasteiger partial charge in [-0.2, -0.15) is 0 Å². The molecule has 3 aliphatic rings. The van der Waals surface area contributed by atoms with Gasteiger partial charge in [0.25, 0.3) is 0 Å². The molecule has 3 atom stereocenters. The number of rotatable bonds is 0. The number of hydrogen-bond acceptors (Lipinski definition) is 2. The molecule has 2 bridgehead atoms. The van der Waals surface area contributed by atoms with Gasteiger partial charge in [-0.25, -0.2) is 0 Å². The molecule has 0 amide bonds. The molecule has 1 aliphatic carbocycles. The third kappa shape index (κ3) is 0.578. The van der Waals surface area contributed by atoms with Crippen LogP contribution in [0.4, 0.5) is 0 Å². The first kappa shape index (κ1) is 5.69. The molecule has 0 aromatic carbocycles. The predicted molar refractivity (Wildman–Crippen MR) is 35.1 cm³/mol. The molecule has 0 radical (unpaired) electrons. The molecule has 2 N–H and O–H groups in total. The van der Waals surface area contributed by atoms with Crippen molar-refractivity contribution in [3.63, 3.8) is 0 Å². The van der Waals surface area contributed by atoms with Gasteiger partial charge in [-0.15, -0.1) is 0 Å². The summed E-state index contributed by atoms with van der Waals surface area (Å²) in [4.78, 5) is 0. The Kier molecular flexibility index (Phi) is 0.945. The summed E-state index contributed by atoms with van der Waals surface area (Å²) in [5.41, 5.74) is 0.225. The maximum absolute atomic E-state index is 9.45. The minimum Gasteiger partial charge on any atom is -0.392 e. The van der Waals surface area contributed by atoms with E-state index in [1.165, 1.54) is 6.42 Å². The van der Waals surface area contributed by atoms with Crippen molar-refractivity contribution in [2.24, 2.45) is 11.3 Å². The second-order valence-corrected chi connectivity index (χ2v) is 3.69. The Bertz CT molecular complexity index is 133. The van der Waals surface area contributed by atoms with Gasteiger partial charge >= 0.3 is 0 Å². The molecule has 2 saturated heterocycles. The van der Waals surface area contributed by atoms with E-state index in [4.69, 9.17) is 0 Å². The SMILES string of the molecule is CC12CNCC(C1)C2O. The smallest absolute Gasteiger partial charge is 0.0646 e. The van der Waals surface area contributed by atoms with Gasteiger partial charge in [-0.1, -0.05) is 6.92 Å². The van der Waals surface area contributed by atoms with Crippen LogP contribution in [0.2, 0.25) is 0 Å². The minimum absolute atomic E-state index is 0.0150. The fourth-order valence-electron chi connectivity index (χ4n) is 2.14. The normalized spacial score (nSPS) is 56.7. The molecule has 2 nitrogen and oxygen atoms in total. The molecule has 2 aliphatic heterocycles. The molecule has 9 heavy (non-hydrogen) atoms. The van der Waals surface area contributed by atoms with E-state index in [0.717, 1.165) is 13.1 Å². The molecule has 0 aromatic heterocycles. The first-order chi connectivity index (χ1) is 4.22. The maximum Gasteiger partial charge on any atom is 0.0646 e. The highest BCUT2D eigenvalue weighted by molar-refractivity contribution is 5.04. The van der Waals surface area contributed by atoms with Gasteiger partial charge in [0, 0.05) is 18.5 Å². The molecule has 3 rings (SSSR count). The second-order valence-electron chi connectivity index (χ2n) is 3.69. The van der Waals surface area contributed by atoms with E-state index in [1.54, 1.807) is 0 Å². The molecule has 1 saturated carbocycles. The topological polar surface area (TPSA) is 32.3 Å². The second kappa shape index (κ2) is 1.50. The Balaban J connectivity index is 2.13. The van der Waals surface area contributed by atoms with Crippen LogP contribution in [-0.2, 0) is 0 Å². The van der Waals surface area contributed by atoms with E-state index in [0.29, 0.717) is 5.92 Å². The summed E-state index contributed by atoms with van der Waals surface area (Å²) in [5.74, 6) is 0.559. The van der Waals surface area contributed by atoms with E-state index < -0.39 is 0 Å². The van der Waals surface area contributed by atoms with Crippen molar-refractivity contribution in [1.82, 2.24) is 5.32 Å². The lowest BCUT2D eigenvalue weighted by Crippen LogP contribution is -2.63. The maximum atomic E-state index is 9.45. The highest BCUT2D eigenvalue weighted by atomic mass is 16.3. The number of aliphatic hydroxyl groups is 1. The number of nitrogens with one attached hydrogen (secondary N) is 1. The summed E-state index contributed by atoms with van der Waals surface area (Å²) < 4.78 is 0. The van der Waals surface area contributed by atoms with Gasteiger partial charge in [0.15, 0.2) is 0 Å². The molecule has 2 heterocycles. The third-order valence-electron chi connectivity index (χ3n) is 2.82. The minimum atomic E-state index is -0.0150. The standard InChI is InChI=1S/C7H13NO/c1-7-2-5(6(7)9)3-8-4-7/h5-6,8-9H,2-4H2,1H3. The molecule has 2 heteroatoms. The molecular formula is C7H13NO. The highest BCUT2D eigenvalue weighted by Gasteiger charge is 2.51. The van der Waals surface area contributed by atoms with Gasteiger partial charge in [0.05, 0.1) is 6.10 Å². The van der Waals surface area contributed by atoms with Crippen molar-refractivity contribution in [3.8, 4) is 0 Å². The largest absolute Gasteiger partial charge is 0.392 e. The van der Waals surface area contributed by atoms with Crippen LogP contribution in [0.25, 0.3) is 0 Å². The summed E-state index contributed by atoms with van der Waals surface area (Å²) in [6, 6.07) is 0. The van der Waals surface area contributed by atoms with Gasteiger partial charge in [-0.3, -0.25) is 0 Å². The predicted octanol–water partition coefficient (Wildman–Crippen LogP) is -0.0233. The molecule has 0 spiro atoms. The lowest BCUT2D eigenvalue weighted by atomic mass is 9.58. The van der Waals surface area contributed by atoms with Crippen molar-refractivity contribution >= 4 is 0 Å². The lowest BCUT2D eigenvalue weighted by Gasteiger charge is -2.55. The van der Waals surface area contributed by atoms with Crippen LogP contribution in [0.15, 0.2) is 0 Å². The summed E-state index contributed by atoms with van der Waals surface area (Å²) >= 11 is 0. The fourth-order valence-corrected chi connectivity index (χ4v) is 2.14. The summed E-state index contributed by atoms with van der Waals surface area (Å²) in [6.45, 7) is 4.18. The van der Waals surface area contributed by atoms with Crippen molar-refractivity contribution in [2.45, 2.75) is 19.4 Å². The van der Waals surface area contributed by atoms with Crippen molar-refractivity contribution < 1.29 is 5.11 Å². The Morgan fingerprint density at radius 2 is 2.44 bits per heavy atom. The van der Waals surface area contributed by atoms with Gasteiger partial charge < -0.3 is 10.4 Å². The highest BCUT2D eigenvalue weighted by Crippen LogP contribution is 2.47. The van der Waals surface area contributed by atoms with Crippen LogP contribution in [0.1, 0.15) is 13.3 Å². The zero-order valence-corrected chi connectivity index (χ0v) is 5.72. The van der Waals surface area contributed by atoms with Crippen molar-refractivity contribution in [3.05, 3.63) is 0 Å². The third-order valence-corrected chi connectivity index (χ3v) is 2.82. The zero-order valence-electron chi connectivity index (χ0n) is 5.72. The monoisotopic (exact) mass is 127 g/mol. The Morgan fingerprint density at radius 3 is 2.78 bits per heavy atom. The van der Waals surface area contributed by atoms with Gasteiger partial charge in [0.2, 0.25) is 0 Å². The van der Waals surface area contributed by atoms with Crippen LogP contribution in [0, 0.1) is 11.3 Å². The van der Waals surface area contributed by atoms with Crippen molar-refractivity contribution in [2.75, 3.05) is 13.1 Å². The fraction of sp³-hybridized carbons (Fsp3) is 1.00. The molecule has 3 unspecified atom stereocenters. The number of hydrogen-bond donors (Lipinski definition) is 2. The molecule has 3 fully saturated rings.